The molecule has 1 aliphatic rings. The summed E-state index contributed by atoms with van der Waals surface area (Å²) in [6.07, 6.45) is 4.49. The number of likely N-dealkylation sites (N-methyl/N-ethyl adjacent to an activating group) is 1. The van der Waals surface area contributed by atoms with E-state index in [1.54, 1.807) is 6.07 Å². The highest BCUT2D eigenvalue weighted by atomic mass is 79.9. The largest absolute Gasteiger partial charge is 0.377 e. The molecule has 106 valence electrons. The second-order valence-electron chi connectivity index (χ2n) is 4.99. The molecule has 4 heteroatoms. The van der Waals surface area contributed by atoms with E-state index in [0.29, 0.717) is 4.47 Å². The van der Waals surface area contributed by atoms with Crippen LogP contribution in [-0.2, 0) is 11.2 Å². The molecule has 1 aliphatic heterocycles. The van der Waals surface area contributed by atoms with Gasteiger partial charge in [-0.05, 0) is 59.8 Å². The van der Waals surface area contributed by atoms with Crippen molar-refractivity contribution in [2.45, 2.75) is 44.8 Å². The Hall–Kier alpha value is -0.450. The van der Waals surface area contributed by atoms with Gasteiger partial charge in [-0.25, -0.2) is 4.39 Å². The number of hydrogen-bond acceptors (Lipinski definition) is 2. The Morgan fingerprint density at radius 3 is 3.00 bits per heavy atom. The number of halogens is 2. The van der Waals surface area contributed by atoms with Gasteiger partial charge in [0, 0.05) is 12.6 Å². The van der Waals surface area contributed by atoms with Gasteiger partial charge in [-0.15, -0.1) is 0 Å². The fraction of sp³-hybridized carbons (Fsp3) is 0.600. The lowest BCUT2D eigenvalue weighted by molar-refractivity contribution is -0.00713. The molecule has 2 unspecified atom stereocenters. The number of hydrogen-bond donors (Lipinski definition) is 1. The number of ether oxygens (including phenoxy) is 1. The summed E-state index contributed by atoms with van der Waals surface area (Å²) in [6, 6.07) is 5.47. The minimum atomic E-state index is -0.197. The first kappa shape index (κ1) is 14.9. The van der Waals surface area contributed by atoms with Crippen LogP contribution in [0.15, 0.2) is 22.7 Å². The molecule has 2 nitrogen and oxygen atoms in total. The van der Waals surface area contributed by atoms with Gasteiger partial charge in [-0.2, -0.15) is 0 Å². The maximum Gasteiger partial charge on any atom is 0.137 e. The number of nitrogens with one attached hydrogen (secondary N) is 1. The average molecular weight is 330 g/mol. The minimum absolute atomic E-state index is 0.197. The van der Waals surface area contributed by atoms with Crippen LogP contribution in [0, 0.1) is 5.82 Å². The van der Waals surface area contributed by atoms with Crippen molar-refractivity contribution in [1.29, 1.82) is 0 Å². The van der Waals surface area contributed by atoms with Crippen molar-refractivity contribution >= 4 is 15.9 Å². The molecule has 0 spiro atoms. The van der Waals surface area contributed by atoms with E-state index in [-0.39, 0.29) is 18.0 Å². The quantitative estimate of drug-likeness (QED) is 0.889. The predicted octanol–water partition coefficient (Wildman–Crippen LogP) is 3.68. The highest BCUT2D eigenvalue weighted by Gasteiger charge is 2.24. The van der Waals surface area contributed by atoms with Crippen LogP contribution in [0.3, 0.4) is 0 Å². The van der Waals surface area contributed by atoms with E-state index in [1.165, 1.54) is 12.5 Å². The lowest BCUT2D eigenvalue weighted by atomic mass is 9.96. The number of benzene rings is 1. The highest BCUT2D eigenvalue weighted by Crippen LogP contribution is 2.24. The molecule has 0 saturated carbocycles. The van der Waals surface area contributed by atoms with E-state index in [2.05, 4.69) is 28.2 Å². The maximum absolute atomic E-state index is 13.6. The Morgan fingerprint density at radius 1 is 1.47 bits per heavy atom. The van der Waals surface area contributed by atoms with Crippen molar-refractivity contribution in [1.82, 2.24) is 5.32 Å². The fourth-order valence-corrected chi connectivity index (χ4v) is 3.05. The summed E-state index contributed by atoms with van der Waals surface area (Å²) in [6.45, 7) is 3.84. The molecule has 19 heavy (non-hydrogen) atoms. The lowest BCUT2D eigenvalue weighted by Gasteiger charge is -2.31. The summed E-state index contributed by atoms with van der Waals surface area (Å²) in [5.74, 6) is -0.197. The van der Waals surface area contributed by atoms with E-state index >= 15 is 0 Å². The summed E-state index contributed by atoms with van der Waals surface area (Å²) in [7, 11) is 0. The van der Waals surface area contributed by atoms with Gasteiger partial charge in [0.25, 0.3) is 0 Å². The first-order valence-electron chi connectivity index (χ1n) is 7.00. The van der Waals surface area contributed by atoms with Gasteiger partial charge >= 0.3 is 0 Å². The first-order valence-corrected chi connectivity index (χ1v) is 7.79. The van der Waals surface area contributed by atoms with E-state index in [1.807, 2.05) is 6.07 Å². The van der Waals surface area contributed by atoms with E-state index in [0.717, 1.165) is 38.0 Å². The lowest BCUT2D eigenvalue weighted by Crippen LogP contribution is -2.44. The second-order valence-corrected chi connectivity index (χ2v) is 5.78. The van der Waals surface area contributed by atoms with Crippen LogP contribution in [-0.4, -0.2) is 25.3 Å². The van der Waals surface area contributed by atoms with Gasteiger partial charge in [0.1, 0.15) is 5.82 Å². The summed E-state index contributed by atoms with van der Waals surface area (Å²) in [4.78, 5) is 0. The van der Waals surface area contributed by atoms with Crippen LogP contribution in [0.2, 0.25) is 0 Å². The Morgan fingerprint density at radius 2 is 2.32 bits per heavy atom. The van der Waals surface area contributed by atoms with E-state index in [9.17, 15) is 4.39 Å². The molecule has 1 fully saturated rings. The first-order chi connectivity index (χ1) is 9.22. The molecule has 2 atom stereocenters. The standard InChI is InChI=1S/C15H21BrFNO/c1-2-18-13(14-8-3-4-9-19-14)10-11-6-5-7-12(17)15(11)16/h5-7,13-14,18H,2-4,8-10H2,1H3. The SMILES string of the molecule is CCNC(Cc1cccc(F)c1Br)C1CCCCO1. The number of rotatable bonds is 5. The summed E-state index contributed by atoms with van der Waals surface area (Å²) in [5, 5.41) is 3.48. The van der Waals surface area contributed by atoms with Crippen LogP contribution >= 0.6 is 15.9 Å². The van der Waals surface area contributed by atoms with Crippen molar-refractivity contribution < 1.29 is 9.13 Å². The Balaban J connectivity index is 2.08. The zero-order chi connectivity index (χ0) is 13.7. The molecule has 0 aliphatic carbocycles. The maximum atomic E-state index is 13.6. The van der Waals surface area contributed by atoms with Crippen molar-refractivity contribution in [3.05, 3.63) is 34.1 Å². The zero-order valence-corrected chi connectivity index (χ0v) is 12.9. The van der Waals surface area contributed by atoms with E-state index in [4.69, 9.17) is 4.74 Å². The summed E-state index contributed by atoms with van der Waals surface area (Å²) < 4.78 is 20.0. The van der Waals surface area contributed by atoms with Crippen molar-refractivity contribution in [2.24, 2.45) is 0 Å². The molecular formula is C15H21BrFNO. The smallest absolute Gasteiger partial charge is 0.137 e. The molecule has 0 bridgehead atoms. The Kier molecular flexibility index (Phi) is 5.79. The molecule has 1 N–H and O–H groups in total. The molecule has 1 aromatic rings. The van der Waals surface area contributed by atoms with E-state index < -0.39 is 0 Å². The van der Waals surface area contributed by atoms with Gasteiger partial charge < -0.3 is 10.1 Å². The molecule has 2 rings (SSSR count). The Bertz CT molecular complexity index is 407. The zero-order valence-electron chi connectivity index (χ0n) is 11.3. The molecule has 0 amide bonds. The predicted molar refractivity (Wildman–Crippen MR) is 78.9 cm³/mol. The van der Waals surface area contributed by atoms with Gasteiger partial charge in [0.15, 0.2) is 0 Å². The van der Waals surface area contributed by atoms with Gasteiger partial charge in [-0.1, -0.05) is 19.1 Å². The van der Waals surface area contributed by atoms with Crippen molar-refractivity contribution in [2.75, 3.05) is 13.2 Å². The normalized spacial score (nSPS) is 21.3. The van der Waals surface area contributed by atoms with Crippen LogP contribution in [0.5, 0.6) is 0 Å². The van der Waals surface area contributed by atoms with Crippen molar-refractivity contribution in [3.63, 3.8) is 0 Å². The van der Waals surface area contributed by atoms with Gasteiger partial charge in [0.05, 0.1) is 10.6 Å². The van der Waals surface area contributed by atoms with Crippen LogP contribution < -0.4 is 5.32 Å². The van der Waals surface area contributed by atoms with Crippen LogP contribution in [0.4, 0.5) is 4.39 Å². The fourth-order valence-electron chi connectivity index (χ4n) is 2.62. The molecule has 1 aromatic carbocycles. The van der Waals surface area contributed by atoms with Crippen LogP contribution in [0.25, 0.3) is 0 Å². The summed E-state index contributed by atoms with van der Waals surface area (Å²) >= 11 is 3.34. The minimum Gasteiger partial charge on any atom is -0.377 e. The monoisotopic (exact) mass is 329 g/mol. The molecule has 1 heterocycles. The third-order valence-electron chi connectivity index (χ3n) is 3.60. The molecular weight excluding hydrogens is 309 g/mol. The second kappa shape index (κ2) is 7.36. The van der Waals surface area contributed by atoms with Gasteiger partial charge in [0.2, 0.25) is 0 Å². The third kappa shape index (κ3) is 4.01. The molecule has 1 saturated heterocycles. The molecule has 0 aromatic heterocycles. The molecule has 0 radical (unpaired) electrons. The third-order valence-corrected chi connectivity index (χ3v) is 4.49. The highest BCUT2D eigenvalue weighted by molar-refractivity contribution is 9.10. The summed E-state index contributed by atoms with van der Waals surface area (Å²) in [5.41, 5.74) is 1.00. The van der Waals surface area contributed by atoms with Crippen LogP contribution in [0.1, 0.15) is 31.7 Å². The van der Waals surface area contributed by atoms with Crippen molar-refractivity contribution in [3.8, 4) is 0 Å². The Labute approximate surface area is 122 Å². The topological polar surface area (TPSA) is 21.3 Å². The van der Waals surface area contributed by atoms with Gasteiger partial charge in [-0.3, -0.25) is 0 Å². The average Bonchev–Trinajstić information content (AvgIpc) is 2.44.